The minimum atomic E-state index is -4.05. The van der Waals surface area contributed by atoms with Gasteiger partial charge in [0.25, 0.3) is 5.69 Å². The summed E-state index contributed by atoms with van der Waals surface area (Å²) in [6.07, 6.45) is 0. The Balaban J connectivity index is 1.99. The van der Waals surface area contributed by atoms with E-state index in [9.17, 15) is 28.9 Å². The number of nitro benzene ring substituents is 1. The summed E-state index contributed by atoms with van der Waals surface area (Å²) in [7, 11) is -4.05. The van der Waals surface area contributed by atoms with Crippen LogP contribution in [0.25, 0.3) is 0 Å². The highest BCUT2D eigenvalue weighted by molar-refractivity contribution is 7.89. The van der Waals surface area contributed by atoms with E-state index in [0.29, 0.717) is 0 Å². The molecule has 0 spiro atoms. The second kappa shape index (κ2) is 7.44. The van der Waals surface area contributed by atoms with Crippen LogP contribution < -0.4 is 0 Å². The Bertz CT molecular complexity index is 970. The topological polar surface area (TPSA) is 125 Å². The van der Waals surface area contributed by atoms with Crippen LogP contribution in [0.2, 0.25) is 0 Å². The quantitative estimate of drug-likeness (QED) is 0.617. The van der Waals surface area contributed by atoms with Gasteiger partial charge in [-0.05, 0) is 17.7 Å². The average molecular weight is 387 g/mol. The second-order valence-corrected chi connectivity index (χ2v) is 8.15. The molecule has 0 amide bonds. The number of aliphatic hydroxyl groups is 1. The number of sulfonamides is 1. The molecule has 27 heavy (non-hydrogen) atoms. The van der Waals surface area contributed by atoms with Crippen LogP contribution in [-0.2, 0) is 10.0 Å². The first-order valence-electron chi connectivity index (χ1n) is 8.22. The van der Waals surface area contributed by atoms with E-state index in [4.69, 9.17) is 0 Å². The summed E-state index contributed by atoms with van der Waals surface area (Å²) in [5.41, 5.74) is 0.626. The Morgan fingerprint density at radius 1 is 1.19 bits per heavy atom. The Morgan fingerprint density at radius 2 is 1.81 bits per heavy atom. The van der Waals surface area contributed by atoms with Gasteiger partial charge in [0.2, 0.25) is 10.0 Å². The number of non-ortho nitro benzene ring substituents is 1. The Kier molecular flexibility index (Phi) is 5.23. The van der Waals surface area contributed by atoms with Crippen LogP contribution in [0.4, 0.5) is 5.69 Å². The summed E-state index contributed by atoms with van der Waals surface area (Å²) >= 11 is 0. The van der Waals surface area contributed by atoms with Gasteiger partial charge in [0.1, 0.15) is 6.04 Å². The molecule has 1 heterocycles. The largest absolute Gasteiger partial charge is 0.396 e. The first kappa shape index (κ1) is 19.0. The molecule has 1 fully saturated rings. The molecule has 0 aliphatic carbocycles. The molecule has 1 saturated heterocycles. The molecule has 2 aromatic carbocycles. The molecule has 3 atom stereocenters. The second-order valence-electron chi connectivity index (χ2n) is 6.26. The molecule has 8 nitrogen and oxygen atoms in total. The SMILES string of the molecule is N#C[C@@H]1[C@@H](CO)[C@@H](c2ccccc2)CN1S(=O)(=O)c1ccc([N+](=O)[O-])cc1. The zero-order chi connectivity index (χ0) is 19.6. The maximum atomic E-state index is 13.0. The summed E-state index contributed by atoms with van der Waals surface area (Å²) in [6, 6.07) is 14.7. The third-order valence-electron chi connectivity index (χ3n) is 4.83. The maximum absolute atomic E-state index is 13.0. The molecule has 0 unspecified atom stereocenters. The van der Waals surface area contributed by atoms with Gasteiger partial charge in [0.05, 0.1) is 15.9 Å². The van der Waals surface area contributed by atoms with Crippen LogP contribution in [0.15, 0.2) is 59.5 Å². The van der Waals surface area contributed by atoms with E-state index >= 15 is 0 Å². The lowest BCUT2D eigenvalue weighted by molar-refractivity contribution is -0.384. The molecular formula is C18H17N3O5S. The van der Waals surface area contributed by atoms with Gasteiger partial charge in [-0.3, -0.25) is 10.1 Å². The van der Waals surface area contributed by atoms with Gasteiger partial charge >= 0.3 is 0 Å². The molecule has 9 heteroatoms. The van der Waals surface area contributed by atoms with E-state index in [1.54, 1.807) is 0 Å². The van der Waals surface area contributed by atoms with Crippen molar-refractivity contribution in [3.8, 4) is 6.07 Å². The molecule has 3 rings (SSSR count). The van der Waals surface area contributed by atoms with E-state index < -0.39 is 26.9 Å². The normalized spacial score (nSPS) is 23.0. The van der Waals surface area contributed by atoms with E-state index in [0.717, 1.165) is 34.1 Å². The maximum Gasteiger partial charge on any atom is 0.269 e. The zero-order valence-electron chi connectivity index (χ0n) is 14.2. The van der Waals surface area contributed by atoms with Gasteiger partial charge in [-0.15, -0.1) is 0 Å². The Morgan fingerprint density at radius 3 is 2.33 bits per heavy atom. The molecule has 0 bridgehead atoms. The van der Waals surface area contributed by atoms with E-state index in [1.807, 2.05) is 36.4 Å². The van der Waals surface area contributed by atoms with Crippen molar-refractivity contribution in [2.75, 3.05) is 13.2 Å². The lowest BCUT2D eigenvalue weighted by Crippen LogP contribution is -2.37. The van der Waals surface area contributed by atoms with Crippen LogP contribution in [0.5, 0.6) is 0 Å². The number of aliphatic hydroxyl groups excluding tert-OH is 1. The molecular weight excluding hydrogens is 370 g/mol. The average Bonchev–Trinajstić information content (AvgIpc) is 3.08. The highest BCUT2D eigenvalue weighted by atomic mass is 32.2. The van der Waals surface area contributed by atoms with Gasteiger partial charge in [-0.1, -0.05) is 30.3 Å². The van der Waals surface area contributed by atoms with Crippen molar-refractivity contribution in [2.45, 2.75) is 16.9 Å². The van der Waals surface area contributed by atoms with Crippen LogP contribution in [0.1, 0.15) is 11.5 Å². The minimum absolute atomic E-state index is 0.0484. The predicted octanol–water partition coefficient (Wildman–Crippen LogP) is 1.88. The van der Waals surface area contributed by atoms with Crippen molar-refractivity contribution in [1.82, 2.24) is 4.31 Å². The summed E-state index contributed by atoms with van der Waals surface area (Å²) in [5.74, 6) is -0.890. The number of nitriles is 1. The number of nitrogens with zero attached hydrogens (tertiary/aromatic N) is 3. The number of hydrogen-bond acceptors (Lipinski definition) is 6. The van der Waals surface area contributed by atoms with Crippen molar-refractivity contribution < 1.29 is 18.4 Å². The first-order valence-corrected chi connectivity index (χ1v) is 9.66. The third-order valence-corrected chi connectivity index (χ3v) is 6.70. The molecule has 0 saturated carbocycles. The van der Waals surface area contributed by atoms with Gasteiger partial charge in [-0.25, -0.2) is 8.42 Å². The van der Waals surface area contributed by atoms with Crippen LogP contribution in [0, 0.1) is 27.4 Å². The van der Waals surface area contributed by atoms with Crippen molar-refractivity contribution in [2.24, 2.45) is 5.92 Å². The number of rotatable bonds is 5. The minimum Gasteiger partial charge on any atom is -0.396 e. The van der Waals surface area contributed by atoms with Crippen LogP contribution in [-0.4, -0.2) is 41.9 Å². The molecule has 0 radical (unpaired) electrons. The van der Waals surface area contributed by atoms with Gasteiger partial charge < -0.3 is 5.11 Å². The van der Waals surface area contributed by atoms with Crippen molar-refractivity contribution in [3.63, 3.8) is 0 Å². The molecule has 1 aliphatic rings. The van der Waals surface area contributed by atoms with E-state index in [-0.39, 0.29) is 29.7 Å². The number of nitro groups is 1. The van der Waals surface area contributed by atoms with E-state index in [2.05, 4.69) is 0 Å². The molecule has 2 aromatic rings. The Hall–Kier alpha value is -2.80. The summed E-state index contributed by atoms with van der Waals surface area (Å²) in [5, 5.41) is 30.1. The molecule has 140 valence electrons. The first-order chi connectivity index (χ1) is 12.9. The summed E-state index contributed by atoms with van der Waals surface area (Å²) in [6.45, 7) is -0.281. The predicted molar refractivity (Wildman–Crippen MR) is 96.1 cm³/mol. The highest BCUT2D eigenvalue weighted by Gasteiger charge is 2.47. The van der Waals surface area contributed by atoms with E-state index in [1.165, 1.54) is 0 Å². The van der Waals surface area contributed by atoms with Crippen molar-refractivity contribution >= 4 is 15.7 Å². The number of benzene rings is 2. The summed E-state index contributed by atoms with van der Waals surface area (Å²) < 4.78 is 27.2. The standard InChI is InChI=1S/C18H17N3O5S/c19-10-18-17(12-22)16(13-4-2-1-3-5-13)11-20(18)27(25,26)15-8-6-14(7-9-15)21(23)24/h1-9,16-18,22H,11-12H2/t16-,17+,18-/m1/s1. The Labute approximate surface area is 156 Å². The lowest BCUT2D eigenvalue weighted by Gasteiger charge is -2.21. The zero-order valence-corrected chi connectivity index (χ0v) is 15.0. The van der Waals surface area contributed by atoms with Crippen molar-refractivity contribution in [3.05, 3.63) is 70.3 Å². The van der Waals surface area contributed by atoms with Gasteiger partial charge in [-0.2, -0.15) is 9.57 Å². The monoisotopic (exact) mass is 387 g/mol. The number of hydrogen-bond donors (Lipinski definition) is 1. The fourth-order valence-corrected chi connectivity index (χ4v) is 5.05. The lowest BCUT2D eigenvalue weighted by atomic mass is 9.86. The molecule has 1 aliphatic heterocycles. The fourth-order valence-electron chi connectivity index (χ4n) is 3.44. The van der Waals surface area contributed by atoms with Crippen LogP contribution >= 0.6 is 0 Å². The molecule has 1 N–H and O–H groups in total. The smallest absolute Gasteiger partial charge is 0.269 e. The fraction of sp³-hybridized carbons (Fsp3) is 0.278. The molecule has 0 aromatic heterocycles. The highest BCUT2D eigenvalue weighted by Crippen LogP contribution is 2.40. The summed E-state index contributed by atoms with van der Waals surface area (Å²) in [4.78, 5) is 10.0. The van der Waals surface area contributed by atoms with Gasteiger partial charge in [0, 0.05) is 37.1 Å². The van der Waals surface area contributed by atoms with Crippen LogP contribution in [0.3, 0.4) is 0 Å². The van der Waals surface area contributed by atoms with Gasteiger partial charge in [0.15, 0.2) is 0 Å². The van der Waals surface area contributed by atoms with Crippen molar-refractivity contribution in [1.29, 1.82) is 5.26 Å². The third kappa shape index (κ3) is 3.42.